The first-order valence-electron chi connectivity index (χ1n) is 4.67. The highest BCUT2D eigenvalue weighted by molar-refractivity contribution is 5.90. The molecular weight excluding hydrogens is 291 g/mol. The Morgan fingerprint density at radius 1 is 1.00 bits per heavy atom. The molecule has 0 bridgehead atoms. The van der Waals surface area contributed by atoms with Crippen LogP contribution in [0.4, 0.5) is 22.0 Å². The van der Waals surface area contributed by atoms with Crippen LogP contribution in [0.3, 0.4) is 0 Å². The van der Waals surface area contributed by atoms with Crippen LogP contribution in [-0.4, -0.2) is 17.0 Å². The number of aliphatic carboxylic acids is 1. The van der Waals surface area contributed by atoms with Gasteiger partial charge in [0.05, 0.1) is 6.26 Å². The lowest BCUT2D eigenvalue weighted by molar-refractivity contribution is -0.134. The third kappa shape index (κ3) is 4.04. The van der Waals surface area contributed by atoms with Gasteiger partial charge in [-0.05, 0) is 0 Å². The van der Waals surface area contributed by atoms with Crippen molar-refractivity contribution in [2.24, 2.45) is 0 Å². The van der Waals surface area contributed by atoms with Gasteiger partial charge in [-0.3, -0.25) is 4.79 Å². The van der Waals surface area contributed by atoms with Crippen LogP contribution in [-0.2, 0) is 9.53 Å². The van der Waals surface area contributed by atoms with Gasteiger partial charge in [-0.2, -0.15) is 0 Å². The molecule has 0 spiro atoms. The van der Waals surface area contributed by atoms with E-state index in [0.29, 0.717) is 6.26 Å². The molecule has 0 saturated heterocycles. The molecule has 9 heteroatoms. The van der Waals surface area contributed by atoms with E-state index in [-0.39, 0.29) is 0 Å². The van der Waals surface area contributed by atoms with E-state index in [1.54, 1.807) is 0 Å². The number of carboxylic acid groups (broad SMARTS) is 1. The van der Waals surface area contributed by atoms with Crippen LogP contribution in [0.25, 0.3) is 0 Å². The van der Waals surface area contributed by atoms with Gasteiger partial charge in [0.2, 0.25) is 5.82 Å². The maximum Gasteiger partial charge on any atom is 0.349 e. The molecule has 0 fully saturated rings. The number of carboxylic acids is 1. The molecule has 1 rings (SSSR count). The topological polar surface area (TPSA) is 63.6 Å². The van der Waals surface area contributed by atoms with Crippen molar-refractivity contribution >= 4 is 11.9 Å². The van der Waals surface area contributed by atoms with Crippen LogP contribution >= 0.6 is 0 Å². The lowest BCUT2D eigenvalue weighted by Crippen LogP contribution is -2.13. The maximum absolute atomic E-state index is 12.9. The average molecular weight is 298 g/mol. The summed E-state index contributed by atoms with van der Waals surface area (Å²) >= 11 is 0. The minimum absolute atomic E-state index is 0.500. The number of halogens is 5. The van der Waals surface area contributed by atoms with E-state index in [4.69, 9.17) is 9.90 Å². The molecule has 0 heterocycles. The fourth-order valence-corrected chi connectivity index (χ4v) is 0.919. The Bertz CT molecular complexity index is 523. The molecule has 0 amide bonds. The zero-order valence-corrected chi connectivity index (χ0v) is 9.85. The van der Waals surface area contributed by atoms with Crippen molar-refractivity contribution in [2.45, 2.75) is 6.92 Å². The van der Waals surface area contributed by atoms with Crippen LogP contribution in [0.15, 0.2) is 12.8 Å². The van der Waals surface area contributed by atoms with Gasteiger partial charge in [-0.1, -0.05) is 6.58 Å². The summed E-state index contributed by atoms with van der Waals surface area (Å²) in [5.41, 5.74) is -1.66. The Morgan fingerprint density at radius 2 is 1.30 bits per heavy atom. The first-order chi connectivity index (χ1) is 9.14. The summed E-state index contributed by atoms with van der Waals surface area (Å²) < 4.78 is 67.5. The fraction of sp³-hybridized carbons (Fsp3) is 0.0909. The van der Waals surface area contributed by atoms with Crippen molar-refractivity contribution in [1.29, 1.82) is 0 Å². The molecule has 0 aliphatic heterocycles. The summed E-state index contributed by atoms with van der Waals surface area (Å²) in [7, 11) is 0. The second-order valence-electron chi connectivity index (χ2n) is 3.04. The number of carbonyl (C=O) groups excluding carboxylic acids is 1. The SMILES string of the molecule is C=COC(=O)c1c(F)c(F)c(F)c(F)c1F.CC(=O)O. The molecular formula is C11H7F5O4. The molecule has 0 unspecified atom stereocenters. The van der Waals surface area contributed by atoms with Gasteiger partial charge >= 0.3 is 5.97 Å². The number of rotatable bonds is 2. The summed E-state index contributed by atoms with van der Waals surface area (Å²) in [6.45, 7) is 3.98. The molecule has 0 aliphatic rings. The Hall–Kier alpha value is -2.45. The van der Waals surface area contributed by atoms with Gasteiger partial charge in [0.1, 0.15) is 5.56 Å². The average Bonchev–Trinajstić information content (AvgIpc) is 2.34. The van der Waals surface area contributed by atoms with Gasteiger partial charge in [0, 0.05) is 6.92 Å². The second-order valence-corrected chi connectivity index (χ2v) is 3.04. The molecule has 4 nitrogen and oxygen atoms in total. The minimum atomic E-state index is -2.34. The molecule has 0 radical (unpaired) electrons. The van der Waals surface area contributed by atoms with Crippen molar-refractivity contribution in [3.05, 3.63) is 47.5 Å². The number of hydrogen-bond donors (Lipinski definition) is 1. The predicted molar refractivity (Wildman–Crippen MR) is 55.2 cm³/mol. The summed E-state index contributed by atoms with van der Waals surface area (Å²) in [6.07, 6.45) is 0.500. The van der Waals surface area contributed by atoms with E-state index in [2.05, 4.69) is 11.3 Å². The van der Waals surface area contributed by atoms with Crippen molar-refractivity contribution < 1.29 is 41.4 Å². The van der Waals surface area contributed by atoms with Crippen LogP contribution in [0.1, 0.15) is 17.3 Å². The van der Waals surface area contributed by atoms with E-state index in [9.17, 15) is 26.7 Å². The Morgan fingerprint density at radius 3 is 1.60 bits per heavy atom. The molecule has 0 aliphatic carbocycles. The Balaban J connectivity index is 0.000000796. The van der Waals surface area contributed by atoms with Gasteiger partial charge in [0.25, 0.3) is 5.97 Å². The standard InChI is InChI=1S/C9H3F5O2.C2H4O2/c1-2-16-9(15)3-4(10)6(12)8(14)7(13)5(3)11;1-2(3)4/h2H,1H2;1H3,(H,3,4). The maximum atomic E-state index is 12.9. The van der Waals surface area contributed by atoms with Gasteiger partial charge < -0.3 is 9.84 Å². The van der Waals surface area contributed by atoms with Crippen molar-refractivity contribution in [2.75, 3.05) is 0 Å². The molecule has 0 aromatic heterocycles. The summed E-state index contributed by atoms with van der Waals surface area (Å²) in [5, 5.41) is 7.42. The van der Waals surface area contributed by atoms with E-state index in [1.807, 2.05) is 0 Å². The highest BCUT2D eigenvalue weighted by Gasteiger charge is 2.30. The molecule has 1 aromatic carbocycles. The first-order valence-corrected chi connectivity index (χ1v) is 4.67. The zero-order valence-electron chi connectivity index (χ0n) is 9.85. The summed E-state index contributed by atoms with van der Waals surface area (Å²) in [4.78, 5) is 19.9. The van der Waals surface area contributed by atoms with Crippen LogP contribution < -0.4 is 0 Å². The third-order valence-electron chi connectivity index (χ3n) is 1.60. The molecule has 1 N–H and O–H groups in total. The highest BCUT2D eigenvalue weighted by Crippen LogP contribution is 2.23. The van der Waals surface area contributed by atoms with E-state index in [1.165, 1.54) is 0 Å². The zero-order chi connectivity index (χ0) is 16.0. The Kier molecular flexibility index (Phi) is 6.33. The van der Waals surface area contributed by atoms with E-state index in [0.717, 1.165) is 6.92 Å². The number of esters is 1. The van der Waals surface area contributed by atoms with Gasteiger partial charge in [0.15, 0.2) is 23.3 Å². The third-order valence-corrected chi connectivity index (χ3v) is 1.60. The smallest absolute Gasteiger partial charge is 0.349 e. The number of hydrogen-bond acceptors (Lipinski definition) is 3. The molecule has 0 saturated carbocycles. The summed E-state index contributed by atoms with van der Waals surface area (Å²) in [6, 6.07) is 0. The quantitative estimate of drug-likeness (QED) is 0.300. The van der Waals surface area contributed by atoms with E-state index >= 15 is 0 Å². The molecule has 0 atom stereocenters. The normalized spacial score (nSPS) is 9.30. The fourth-order valence-electron chi connectivity index (χ4n) is 0.919. The van der Waals surface area contributed by atoms with Crippen LogP contribution in [0, 0.1) is 29.1 Å². The van der Waals surface area contributed by atoms with Crippen LogP contribution in [0.5, 0.6) is 0 Å². The number of benzene rings is 1. The highest BCUT2D eigenvalue weighted by atomic mass is 19.2. The van der Waals surface area contributed by atoms with Crippen molar-refractivity contribution in [3.8, 4) is 0 Å². The lowest BCUT2D eigenvalue weighted by atomic mass is 10.1. The lowest BCUT2D eigenvalue weighted by Gasteiger charge is -2.05. The molecule has 20 heavy (non-hydrogen) atoms. The number of carbonyl (C=O) groups is 2. The van der Waals surface area contributed by atoms with Gasteiger partial charge in [-0.15, -0.1) is 0 Å². The largest absolute Gasteiger partial charge is 0.481 e. The van der Waals surface area contributed by atoms with E-state index < -0.39 is 46.6 Å². The second kappa shape index (κ2) is 7.22. The van der Waals surface area contributed by atoms with Crippen LogP contribution in [0.2, 0.25) is 0 Å². The monoisotopic (exact) mass is 298 g/mol. The molecule has 110 valence electrons. The minimum Gasteiger partial charge on any atom is -0.481 e. The predicted octanol–water partition coefficient (Wildman–Crippen LogP) is 2.77. The Labute approximate surface area is 109 Å². The van der Waals surface area contributed by atoms with Crippen molar-refractivity contribution in [1.82, 2.24) is 0 Å². The number of ether oxygens (including phenoxy) is 1. The molecule has 1 aromatic rings. The summed E-state index contributed by atoms with van der Waals surface area (Å²) in [5.74, 6) is -13.8. The first kappa shape index (κ1) is 17.5. The van der Waals surface area contributed by atoms with Crippen molar-refractivity contribution in [3.63, 3.8) is 0 Å². The van der Waals surface area contributed by atoms with Gasteiger partial charge in [-0.25, -0.2) is 26.7 Å².